The number of carbonyl (C=O) groups is 3. The summed E-state index contributed by atoms with van der Waals surface area (Å²) in [5.41, 5.74) is 4.67. The van der Waals surface area contributed by atoms with Crippen LogP contribution in [0.15, 0.2) is 59.6 Å². The van der Waals surface area contributed by atoms with Crippen molar-refractivity contribution in [3.05, 3.63) is 65.2 Å². The van der Waals surface area contributed by atoms with Crippen molar-refractivity contribution >= 4 is 17.8 Å². The molecule has 1 unspecified atom stereocenters. The van der Waals surface area contributed by atoms with Crippen molar-refractivity contribution < 1.29 is 28.6 Å². The van der Waals surface area contributed by atoms with E-state index in [0.29, 0.717) is 11.3 Å². The summed E-state index contributed by atoms with van der Waals surface area (Å²) in [6.07, 6.45) is 1.41. The molecule has 2 heterocycles. The second-order valence-electron chi connectivity index (χ2n) is 6.52. The van der Waals surface area contributed by atoms with Gasteiger partial charge in [0.1, 0.15) is 23.3 Å². The number of nitrogens with two attached hydrogens (primary N) is 1. The molecule has 1 atom stereocenters. The Morgan fingerprint density at radius 1 is 1.24 bits per heavy atom. The minimum Gasteiger partial charge on any atom is -0.462 e. The minimum absolute atomic E-state index is 0.00592. The standard InChI is InChI=1S/C21H22N2O6/c1-5-11-28-18(24)15-12(3)23(4)20(26)21(15)13-9-7-8-10-14(13)29-17(22)16(21)19(25)27-6-2/h5,7-10H,1,6,11,22H2,2-4H3. The highest BCUT2D eigenvalue weighted by Gasteiger charge is 2.63. The number of hydrogen-bond donors (Lipinski definition) is 1. The Morgan fingerprint density at radius 2 is 1.90 bits per heavy atom. The molecule has 8 nitrogen and oxygen atoms in total. The first-order chi connectivity index (χ1) is 13.8. The van der Waals surface area contributed by atoms with Gasteiger partial charge in [-0.25, -0.2) is 9.59 Å². The number of hydrogen-bond acceptors (Lipinski definition) is 7. The van der Waals surface area contributed by atoms with Crippen LogP contribution in [0.25, 0.3) is 0 Å². The van der Waals surface area contributed by atoms with Crippen LogP contribution in [0.3, 0.4) is 0 Å². The molecular weight excluding hydrogens is 376 g/mol. The Balaban J connectivity index is 2.38. The van der Waals surface area contributed by atoms with Crippen LogP contribution in [0.4, 0.5) is 0 Å². The number of rotatable bonds is 5. The summed E-state index contributed by atoms with van der Waals surface area (Å²) in [4.78, 5) is 40.9. The predicted molar refractivity (Wildman–Crippen MR) is 103 cm³/mol. The number of esters is 2. The number of amides is 1. The van der Waals surface area contributed by atoms with Gasteiger partial charge in [-0.3, -0.25) is 4.79 Å². The summed E-state index contributed by atoms with van der Waals surface area (Å²) >= 11 is 0. The second-order valence-corrected chi connectivity index (χ2v) is 6.52. The van der Waals surface area contributed by atoms with E-state index >= 15 is 0 Å². The number of fused-ring (bicyclic) bond motifs is 2. The largest absolute Gasteiger partial charge is 0.462 e. The van der Waals surface area contributed by atoms with E-state index in [1.165, 1.54) is 18.0 Å². The molecule has 2 N–H and O–H groups in total. The molecule has 1 spiro atoms. The minimum atomic E-state index is -1.83. The van der Waals surface area contributed by atoms with Crippen LogP contribution in [0, 0.1) is 0 Å². The van der Waals surface area contributed by atoms with Crippen LogP contribution < -0.4 is 10.5 Å². The van der Waals surface area contributed by atoms with Gasteiger partial charge < -0.3 is 24.8 Å². The number of benzene rings is 1. The maximum absolute atomic E-state index is 13.6. The van der Waals surface area contributed by atoms with E-state index in [0.717, 1.165) is 0 Å². The van der Waals surface area contributed by atoms with Gasteiger partial charge in [-0.1, -0.05) is 30.9 Å². The summed E-state index contributed by atoms with van der Waals surface area (Å²) in [5, 5.41) is 0. The van der Waals surface area contributed by atoms with Gasteiger partial charge in [-0.15, -0.1) is 0 Å². The summed E-state index contributed by atoms with van der Waals surface area (Å²) < 4.78 is 16.0. The SMILES string of the molecule is C=CCOC(=O)C1=C(C)N(C)C(=O)C12C(C(=O)OCC)=C(N)Oc1ccccc12. The van der Waals surface area contributed by atoms with Gasteiger partial charge in [0.25, 0.3) is 0 Å². The molecule has 29 heavy (non-hydrogen) atoms. The fraction of sp³-hybridized carbons (Fsp3) is 0.286. The average molecular weight is 398 g/mol. The molecule has 0 aromatic heterocycles. The third-order valence-corrected chi connectivity index (χ3v) is 5.01. The van der Waals surface area contributed by atoms with Gasteiger partial charge in [0.15, 0.2) is 0 Å². The average Bonchev–Trinajstić information content (AvgIpc) is 2.88. The van der Waals surface area contributed by atoms with Gasteiger partial charge in [0, 0.05) is 18.3 Å². The van der Waals surface area contributed by atoms with E-state index in [4.69, 9.17) is 19.9 Å². The van der Waals surface area contributed by atoms with Gasteiger partial charge in [0.05, 0.1) is 12.2 Å². The van der Waals surface area contributed by atoms with Crippen molar-refractivity contribution in [2.45, 2.75) is 19.3 Å². The molecular formula is C21H22N2O6. The first-order valence-corrected chi connectivity index (χ1v) is 9.04. The lowest BCUT2D eigenvalue weighted by atomic mass is 9.67. The number of nitrogens with zero attached hydrogens (tertiary/aromatic N) is 1. The highest BCUT2D eigenvalue weighted by atomic mass is 16.5. The van der Waals surface area contributed by atoms with Crippen LogP contribution in [-0.2, 0) is 29.3 Å². The van der Waals surface area contributed by atoms with Crippen LogP contribution in [-0.4, -0.2) is 43.0 Å². The highest BCUT2D eigenvalue weighted by molar-refractivity contribution is 6.17. The van der Waals surface area contributed by atoms with E-state index < -0.39 is 23.3 Å². The Kier molecular flexibility index (Phi) is 5.19. The molecule has 1 aromatic carbocycles. The Bertz CT molecular complexity index is 977. The van der Waals surface area contributed by atoms with Crippen molar-refractivity contribution in [3.8, 4) is 5.75 Å². The first-order valence-electron chi connectivity index (χ1n) is 9.04. The molecule has 0 radical (unpaired) electrons. The zero-order valence-corrected chi connectivity index (χ0v) is 16.5. The quantitative estimate of drug-likeness (QED) is 0.592. The molecule has 1 amide bonds. The summed E-state index contributed by atoms with van der Waals surface area (Å²) in [6, 6.07) is 6.61. The Labute approximate surface area is 168 Å². The number of allylic oxidation sites excluding steroid dienone is 1. The third kappa shape index (κ3) is 2.79. The van der Waals surface area contributed by atoms with E-state index in [1.54, 1.807) is 38.1 Å². The molecule has 0 aliphatic carbocycles. The maximum atomic E-state index is 13.6. The first kappa shape index (κ1) is 20.2. The predicted octanol–water partition coefficient (Wildman–Crippen LogP) is 1.53. The topological polar surface area (TPSA) is 108 Å². The highest BCUT2D eigenvalue weighted by Crippen LogP contribution is 2.53. The Morgan fingerprint density at radius 3 is 2.55 bits per heavy atom. The fourth-order valence-corrected chi connectivity index (χ4v) is 3.75. The van der Waals surface area contributed by atoms with Crippen LogP contribution in [0.1, 0.15) is 19.4 Å². The van der Waals surface area contributed by atoms with Gasteiger partial charge in [-0.05, 0) is 19.9 Å². The van der Waals surface area contributed by atoms with Gasteiger partial charge in [-0.2, -0.15) is 0 Å². The van der Waals surface area contributed by atoms with Gasteiger partial charge in [0.2, 0.25) is 11.8 Å². The molecule has 3 rings (SSSR count). The lowest BCUT2D eigenvalue weighted by Crippen LogP contribution is -2.49. The van der Waals surface area contributed by atoms with E-state index in [1.807, 2.05) is 0 Å². The number of ether oxygens (including phenoxy) is 3. The third-order valence-electron chi connectivity index (χ3n) is 5.01. The normalized spacial score (nSPS) is 20.5. The van der Waals surface area contributed by atoms with Crippen LogP contribution in [0.2, 0.25) is 0 Å². The molecule has 152 valence electrons. The smallest absolute Gasteiger partial charge is 0.341 e. The summed E-state index contributed by atoms with van der Waals surface area (Å²) in [6.45, 7) is 6.76. The van der Waals surface area contributed by atoms with E-state index in [9.17, 15) is 14.4 Å². The monoisotopic (exact) mass is 398 g/mol. The molecule has 2 aliphatic heterocycles. The lowest BCUT2D eigenvalue weighted by molar-refractivity contribution is -0.143. The second kappa shape index (κ2) is 7.46. The number of para-hydroxylation sites is 1. The molecule has 0 saturated heterocycles. The fourth-order valence-electron chi connectivity index (χ4n) is 3.75. The zero-order chi connectivity index (χ0) is 21.3. The van der Waals surface area contributed by atoms with Crippen molar-refractivity contribution in [2.75, 3.05) is 20.3 Å². The summed E-state index contributed by atoms with van der Waals surface area (Å²) in [5.74, 6) is -2.16. The molecule has 0 fully saturated rings. The maximum Gasteiger partial charge on any atom is 0.341 e. The Hall–Kier alpha value is -3.55. The van der Waals surface area contributed by atoms with Crippen molar-refractivity contribution in [3.63, 3.8) is 0 Å². The van der Waals surface area contributed by atoms with Crippen molar-refractivity contribution in [1.29, 1.82) is 0 Å². The van der Waals surface area contributed by atoms with Crippen molar-refractivity contribution in [1.82, 2.24) is 4.90 Å². The molecule has 2 aliphatic rings. The molecule has 8 heteroatoms. The number of likely N-dealkylation sites (N-methyl/N-ethyl adjacent to an activating group) is 1. The van der Waals surface area contributed by atoms with Crippen LogP contribution >= 0.6 is 0 Å². The lowest BCUT2D eigenvalue weighted by Gasteiger charge is -2.36. The molecule has 1 aromatic rings. The molecule has 0 bridgehead atoms. The molecule has 0 saturated carbocycles. The zero-order valence-electron chi connectivity index (χ0n) is 16.5. The van der Waals surface area contributed by atoms with E-state index in [-0.39, 0.29) is 36.0 Å². The summed E-state index contributed by atoms with van der Waals surface area (Å²) in [7, 11) is 1.52. The van der Waals surface area contributed by atoms with Gasteiger partial charge >= 0.3 is 11.9 Å². The van der Waals surface area contributed by atoms with Crippen LogP contribution in [0.5, 0.6) is 5.75 Å². The number of carbonyl (C=O) groups excluding carboxylic acids is 3. The van der Waals surface area contributed by atoms with Crippen molar-refractivity contribution in [2.24, 2.45) is 5.73 Å². The van der Waals surface area contributed by atoms with E-state index in [2.05, 4.69) is 6.58 Å².